The van der Waals surface area contributed by atoms with Gasteiger partial charge in [-0.1, -0.05) is 96.6 Å². The van der Waals surface area contributed by atoms with Crippen LogP contribution in [-0.2, 0) is 15.7 Å². The van der Waals surface area contributed by atoms with Gasteiger partial charge >= 0.3 is 0 Å². The molecule has 0 unspecified atom stereocenters. The molecule has 6 nitrogen and oxygen atoms in total. The van der Waals surface area contributed by atoms with E-state index in [2.05, 4.69) is 21.1 Å². The molecular formula is C32H37NO5S. The maximum atomic E-state index is 12.0. The number of hydrogen-bond acceptors (Lipinski definition) is 5. The molecule has 7 heteroatoms. The Bertz CT molecular complexity index is 1380. The second-order valence-electron chi connectivity index (χ2n) is 10.4. The zero-order chi connectivity index (χ0) is 28.5. The number of rotatable bonds is 9. The molecule has 0 amide bonds. The monoisotopic (exact) mass is 547 g/mol. The molecule has 4 aromatic rings. The Labute approximate surface area is 232 Å². The van der Waals surface area contributed by atoms with E-state index >= 15 is 0 Å². The van der Waals surface area contributed by atoms with Crippen molar-refractivity contribution in [2.75, 3.05) is 34.3 Å². The highest BCUT2D eigenvalue weighted by Gasteiger charge is 2.36. The van der Waals surface area contributed by atoms with Crippen LogP contribution in [0.1, 0.15) is 28.7 Å². The van der Waals surface area contributed by atoms with Gasteiger partial charge in [0, 0.05) is 12.0 Å². The lowest BCUT2D eigenvalue weighted by atomic mass is 9.80. The second-order valence-corrected chi connectivity index (χ2v) is 11.8. The molecule has 0 aromatic heterocycles. The summed E-state index contributed by atoms with van der Waals surface area (Å²) in [6.07, 6.45) is 0.951. The van der Waals surface area contributed by atoms with Crippen LogP contribution in [0.5, 0.6) is 5.75 Å². The lowest BCUT2D eigenvalue weighted by Gasteiger charge is -2.31. The number of aryl methyl sites for hydroxylation is 1. The number of para-hydroxylation sites is 1. The number of nitrogens with zero attached hydrogens (tertiary/aromatic N) is 1. The summed E-state index contributed by atoms with van der Waals surface area (Å²) in [4.78, 5) is -0.178. The summed E-state index contributed by atoms with van der Waals surface area (Å²) in [5.41, 5.74) is 2.06. The zero-order valence-electron chi connectivity index (χ0n) is 22.9. The van der Waals surface area contributed by atoms with Crippen molar-refractivity contribution in [3.8, 4) is 5.75 Å². The van der Waals surface area contributed by atoms with E-state index in [1.165, 1.54) is 12.1 Å². The maximum Gasteiger partial charge on any atom is 0.144 e. The largest absolute Gasteiger partial charge is 0.744 e. The Morgan fingerprint density at radius 2 is 1.26 bits per heavy atom. The summed E-state index contributed by atoms with van der Waals surface area (Å²) in [5.74, 6) is 0.721. The first-order valence-corrected chi connectivity index (χ1v) is 14.2. The minimum atomic E-state index is -4.27. The first-order chi connectivity index (χ1) is 18.4. The minimum absolute atomic E-state index is 0.178. The maximum absolute atomic E-state index is 12.0. The molecule has 4 rings (SSSR count). The third-order valence-corrected chi connectivity index (χ3v) is 7.05. The third-order valence-electron chi connectivity index (χ3n) is 6.20. The van der Waals surface area contributed by atoms with Crippen molar-refractivity contribution in [3.05, 3.63) is 131 Å². The van der Waals surface area contributed by atoms with E-state index < -0.39 is 15.7 Å². The van der Waals surface area contributed by atoms with Crippen molar-refractivity contribution < 1.29 is 27.3 Å². The van der Waals surface area contributed by atoms with Gasteiger partial charge in [-0.3, -0.25) is 0 Å². The lowest BCUT2D eigenvalue weighted by Crippen LogP contribution is -2.36. The molecule has 39 heavy (non-hydrogen) atoms. The van der Waals surface area contributed by atoms with E-state index in [0.29, 0.717) is 6.61 Å². The fraction of sp³-hybridized carbons (Fsp3) is 0.250. The molecule has 0 aliphatic carbocycles. The van der Waals surface area contributed by atoms with Crippen molar-refractivity contribution in [1.29, 1.82) is 0 Å². The Kier molecular flexibility index (Phi) is 10.1. The van der Waals surface area contributed by atoms with Gasteiger partial charge in [0.2, 0.25) is 0 Å². The van der Waals surface area contributed by atoms with Crippen molar-refractivity contribution in [3.63, 3.8) is 0 Å². The fourth-order valence-electron chi connectivity index (χ4n) is 4.15. The average molecular weight is 548 g/mol. The molecular weight excluding hydrogens is 510 g/mol. The molecule has 0 saturated carbocycles. The number of benzene rings is 4. The number of hydrogen-bond donors (Lipinski definition) is 1. The van der Waals surface area contributed by atoms with E-state index in [1.54, 1.807) is 12.1 Å². The molecule has 0 aliphatic heterocycles. The number of aliphatic hydroxyl groups is 1. The van der Waals surface area contributed by atoms with E-state index in [1.807, 2.05) is 91.9 Å². The van der Waals surface area contributed by atoms with Crippen molar-refractivity contribution >= 4 is 10.1 Å². The molecule has 0 saturated heterocycles. The average Bonchev–Trinajstić information content (AvgIpc) is 2.91. The van der Waals surface area contributed by atoms with E-state index in [0.717, 1.165) is 45.5 Å². The Morgan fingerprint density at radius 3 is 1.74 bits per heavy atom. The molecule has 0 bridgehead atoms. The Hall–Kier alpha value is -3.49. The molecule has 4 aromatic carbocycles. The predicted octanol–water partition coefficient (Wildman–Crippen LogP) is 5.35. The number of quaternary nitrogens is 1. The molecule has 0 atom stereocenters. The summed E-state index contributed by atoms with van der Waals surface area (Å²) in [6, 6.07) is 33.1. The predicted molar refractivity (Wildman–Crippen MR) is 154 cm³/mol. The van der Waals surface area contributed by atoms with Gasteiger partial charge in [-0.05, 0) is 36.2 Å². The molecule has 206 valence electrons. The van der Waals surface area contributed by atoms with Crippen molar-refractivity contribution in [2.24, 2.45) is 0 Å². The third kappa shape index (κ3) is 8.50. The topological polar surface area (TPSA) is 86.7 Å². The van der Waals surface area contributed by atoms with Crippen LogP contribution in [0.4, 0.5) is 0 Å². The van der Waals surface area contributed by atoms with Gasteiger partial charge in [0.05, 0.1) is 39.2 Å². The molecule has 0 radical (unpaired) electrons. The molecule has 0 aliphatic rings. The normalized spacial score (nSPS) is 11.8. The molecule has 1 N–H and O–H groups in total. The molecule has 0 heterocycles. The van der Waals surface area contributed by atoms with Crippen molar-refractivity contribution in [1.82, 2.24) is 0 Å². The highest BCUT2D eigenvalue weighted by Crippen LogP contribution is 2.41. The highest BCUT2D eigenvalue weighted by atomic mass is 32.2. The zero-order valence-corrected chi connectivity index (χ0v) is 23.8. The van der Waals surface area contributed by atoms with Gasteiger partial charge in [-0.2, -0.15) is 0 Å². The van der Waals surface area contributed by atoms with Crippen LogP contribution in [-0.4, -0.2) is 56.9 Å². The smallest absolute Gasteiger partial charge is 0.144 e. The van der Waals surface area contributed by atoms with E-state index in [9.17, 15) is 18.1 Å². The standard InChI is InChI=1S/C25H30NO2.C7H8O3S/c1-26(2,3)19-12-20-28-24-18-11-10-17-23(24)25(27,21-13-6-4-7-14-21)22-15-8-5-9-16-22;1-6-2-4-7(5-3-6)11(8,9)10/h4-11,13-18,27H,12,19-20H2,1-3H3;2-5H,1H3,(H,8,9,10)/q+1;/p-1. The van der Waals surface area contributed by atoms with Gasteiger partial charge in [-0.25, -0.2) is 8.42 Å². The SMILES string of the molecule is C[N+](C)(C)CCCOc1ccccc1C(O)(c1ccccc1)c1ccccc1.Cc1ccc(S(=O)(=O)[O-])cc1. The van der Waals surface area contributed by atoms with Crippen LogP contribution < -0.4 is 4.74 Å². The van der Waals surface area contributed by atoms with E-state index in [-0.39, 0.29) is 4.90 Å². The van der Waals surface area contributed by atoms with Crippen LogP contribution in [0.2, 0.25) is 0 Å². The van der Waals surface area contributed by atoms with Gasteiger partial charge in [-0.15, -0.1) is 0 Å². The lowest BCUT2D eigenvalue weighted by molar-refractivity contribution is -0.870. The Balaban J connectivity index is 0.000000320. The first kappa shape index (κ1) is 30.1. The summed E-state index contributed by atoms with van der Waals surface area (Å²) in [5, 5.41) is 12.0. The van der Waals surface area contributed by atoms with Crippen LogP contribution in [0.25, 0.3) is 0 Å². The molecule has 0 spiro atoms. The Morgan fingerprint density at radius 1 is 0.769 bits per heavy atom. The number of ether oxygens (including phenoxy) is 1. The van der Waals surface area contributed by atoms with Gasteiger partial charge < -0.3 is 18.9 Å². The summed E-state index contributed by atoms with van der Waals surface area (Å²) < 4.78 is 38.2. The highest BCUT2D eigenvalue weighted by molar-refractivity contribution is 7.85. The quantitative estimate of drug-likeness (QED) is 0.132. The minimum Gasteiger partial charge on any atom is -0.744 e. The van der Waals surface area contributed by atoms with Crippen LogP contribution >= 0.6 is 0 Å². The summed E-state index contributed by atoms with van der Waals surface area (Å²) >= 11 is 0. The van der Waals surface area contributed by atoms with Crippen molar-refractivity contribution in [2.45, 2.75) is 23.8 Å². The second kappa shape index (κ2) is 13.0. The van der Waals surface area contributed by atoms with Gasteiger partial charge in [0.25, 0.3) is 0 Å². The van der Waals surface area contributed by atoms with Crippen LogP contribution in [0, 0.1) is 6.92 Å². The first-order valence-electron chi connectivity index (χ1n) is 12.8. The van der Waals surface area contributed by atoms with Gasteiger partial charge in [0.15, 0.2) is 0 Å². The van der Waals surface area contributed by atoms with Gasteiger partial charge in [0.1, 0.15) is 21.5 Å². The van der Waals surface area contributed by atoms with Crippen LogP contribution in [0.15, 0.2) is 114 Å². The molecule has 0 fully saturated rings. The summed E-state index contributed by atoms with van der Waals surface area (Å²) in [6.45, 7) is 3.47. The van der Waals surface area contributed by atoms with E-state index in [4.69, 9.17) is 4.74 Å². The van der Waals surface area contributed by atoms with Crippen LogP contribution in [0.3, 0.4) is 0 Å². The summed E-state index contributed by atoms with van der Waals surface area (Å²) in [7, 11) is 2.26. The fourth-order valence-corrected chi connectivity index (χ4v) is 4.62.